The summed E-state index contributed by atoms with van der Waals surface area (Å²) in [6, 6.07) is 16.8. The number of carbonyl (C=O) groups is 1. The van der Waals surface area contributed by atoms with Crippen LogP contribution in [0.1, 0.15) is 24.5 Å². The zero-order valence-corrected chi connectivity index (χ0v) is 15.2. The van der Waals surface area contributed by atoms with Gasteiger partial charge in [0.25, 0.3) is 0 Å². The fraction of sp³-hybridized carbons (Fsp3) is 0.381. The third kappa shape index (κ3) is 4.82. The zero-order valence-electron chi connectivity index (χ0n) is 15.2. The lowest BCUT2D eigenvalue weighted by atomic mass is 10.2. The van der Waals surface area contributed by atoms with E-state index in [9.17, 15) is 9.18 Å². The van der Waals surface area contributed by atoms with Crippen molar-refractivity contribution in [1.29, 1.82) is 0 Å². The molecule has 3 rings (SSSR count). The highest BCUT2D eigenvalue weighted by molar-refractivity contribution is 5.74. The summed E-state index contributed by atoms with van der Waals surface area (Å²) in [5.74, 6) is -0.264. The number of likely N-dealkylation sites (tertiary alicyclic amines) is 1. The number of nitrogens with zero attached hydrogens (tertiary/aromatic N) is 2. The van der Waals surface area contributed by atoms with Crippen molar-refractivity contribution >= 4 is 6.03 Å². The van der Waals surface area contributed by atoms with Gasteiger partial charge in [0.2, 0.25) is 0 Å². The Bertz CT molecular complexity index is 705. The number of rotatable bonds is 6. The van der Waals surface area contributed by atoms with E-state index in [-0.39, 0.29) is 17.9 Å². The number of amides is 2. The predicted molar refractivity (Wildman–Crippen MR) is 101 cm³/mol. The van der Waals surface area contributed by atoms with E-state index >= 15 is 0 Å². The van der Waals surface area contributed by atoms with Crippen LogP contribution in [0.5, 0.6) is 0 Å². The normalized spacial score (nSPS) is 17.2. The molecule has 0 saturated carbocycles. The maximum absolute atomic E-state index is 13.0. The quantitative estimate of drug-likeness (QED) is 0.859. The standard InChI is InChI=1S/C21H26FN3O/c1-2-25(21(26)23-14-17-8-10-19(22)11-9-17)20-12-13-24(16-20)15-18-6-4-3-5-7-18/h3-11,20H,2,12-16H2,1H3,(H,23,26). The first-order chi connectivity index (χ1) is 12.7. The molecule has 1 aliphatic heterocycles. The van der Waals surface area contributed by atoms with E-state index in [0.717, 1.165) is 31.6 Å². The lowest BCUT2D eigenvalue weighted by molar-refractivity contribution is 0.176. The lowest BCUT2D eigenvalue weighted by Crippen LogP contribution is -2.46. The molecule has 1 heterocycles. The minimum Gasteiger partial charge on any atom is -0.334 e. The predicted octanol–water partition coefficient (Wildman–Crippen LogP) is 3.63. The molecule has 0 spiro atoms. The summed E-state index contributed by atoms with van der Waals surface area (Å²) < 4.78 is 13.0. The van der Waals surface area contributed by atoms with Gasteiger partial charge in [-0.3, -0.25) is 4.90 Å². The van der Waals surface area contributed by atoms with Gasteiger partial charge in [-0.05, 0) is 36.6 Å². The molecule has 1 aliphatic rings. The third-order valence-corrected chi connectivity index (χ3v) is 4.90. The van der Waals surface area contributed by atoms with Crippen LogP contribution in [0.25, 0.3) is 0 Å². The largest absolute Gasteiger partial charge is 0.334 e. The molecule has 1 fully saturated rings. The van der Waals surface area contributed by atoms with Crippen molar-refractivity contribution in [1.82, 2.24) is 15.1 Å². The van der Waals surface area contributed by atoms with Gasteiger partial charge in [0.1, 0.15) is 5.82 Å². The molecule has 0 bridgehead atoms. The Hall–Kier alpha value is -2.40. The molecule has 0 aliphatic carbocycles. The highest BCUT2D eigenvalue weighted by atomic mass is 19.1. The Balaban J connectivity index is 1.51. The van der Waals surface area contributed by atoms with Crippen molar-refractivity contribution < 1.29 is 9.18 Å². The third-order valence-electron chi connectivity index (χ3n) is 4.90. The average Bonchev–Trinajstić information content (AvgIpc) is 3.11. The summed E-state index contributed by atoms with van der Waals surface area (Å²) in [6.45, 7) is 5.92. The minimum atomic E-state index is -0.264. The second-order valence-corrected chi connectivity index (χ2v) is 6.73. The fourth-order valence-electron chi connectivity index (χ4n) is 3.50. The second kappa shape index (κ2) is 8.81. The van der Waals surface area contributed by atoms with Gasteiger partial charge >= 0.3 is 6.03 Å². The maximum atomic E-state index is 13.0. The van der Waals surface area contributed by atoms with Crippen molar-refractivity contribution in [3.8, 4) is 0 Å². The van der Waals surface area contributed by atoms with Gasteiger partial charge in [0.15, 0.2) is 0 Å². The Kier molecular flexibility index (Phi) is 6.23. The van der Waals surface area contributed by atoms with E-state index in [0.29, 0.717) is 13.1 Å². The summed E-state index contributed by atoms with van der Waals surface area (Å²) in [5.41, 5.74) is 2.20. The Labute approximate surface area is 154 Å². The first kappa shape index (κ1) is 18.4. The van der Waals surface area contributed by atoms with Crippen molar-refractivity contribution in [3.63, 3.8) is 0 Å². The van der Waals surface area contributed by atoms with Crippen molar-refractivity contribution in [3.05, 3.63) is 71.5 Å². The van der Waals surface area contributed by atoms with E-state index < -0.39 is 0 Å². The van der Waals surface area contributed by atoms with Gasteiger partial charge in [0, 0.05) is 38.8 Å². The maximum Gasteiger partial charge on any atom is 0.317 e. The van der Waals surface area contributed by atoms with Gasteiger partial charge in [-0.2, -0.15) is 0 Å². The molecule has 2 aromatic carbocycles. The molecule has 26 heavy (non-hydrogen) atoms. The van der Waals surface area contributed by atoms with Crippen LogP contribution in [0.2, 0.25) is 0 Å². The number of halogens is 1. The molecule has 2 aromatic rings. The summed E-state index contributed by atoms with van der Waals surface area (Å²) >= 11 is 0. The number of urea groups is 1. The first-order valence-corrected chi connectivity index (χ1v) is 9.21. The lowest BCUT2D eigenvalue weighted by Gasteiger charge is -2.28. The first-order valence-electron chi connectivity index (χ1n) is 9.21. The Morgan fingerprint density at radius 3 is 2.58 bits per heavy atom. The van der Waals surface area contributed by atoms with Gasteiger partial charge in [-0.25, -0.2) is 9.18 Å². The average molecular weight is 355 g/mol. The molecule has 1 saturated heterocycles. The number of nitrogens with one attached hydrogen (secondary N) is 1. The summed E-state index contributed by atoms with van der Waals surface area (Å²) in [6.07, 6.45) is 0.991. The van der Waals surface area contributed by atoms with Crippen LogP contribution >= 0.6 is 0 Å². The van der Waals surface area contributed by atoms with Crippen LogP contribution in [0.15, 0.2) is 54.6 Å². The number of likely N-dealkylation sites (N-methyl/N-ethyl adjacent to an activating group) is 1. The van der Waals surface area contributed by atoms with Crippen LogP contribution in [0, 0.1) is 5.82 Å². The molecule has 1 unspecified atom stereocenters. The molecule has 1 N–H and O–H groups in total. The van der Waals surface area contributed by atoms with E-state index in [1.54, 1.807) is 12.1 Å². The molecule has 1 atom stereocenters. The van der Waals surface area contributed by atoms with E-state index in [1.165, 1.54) is 17.7 Å². The smallest absolute Gasteiger partial charge is 0.317 e. The van der Waals surface area contributed by atoms with Crippen LogP contribution in [-0.4, -0.2) is 41.5 Å². The number of benzene rings is 2. The molecule has 4 nitrogen and oxygen atoms in total. The summed E-state index contributed by atoms with van der Waals surface area (Å²) in [4.78, 5) is 16.9. The van der Waals surface area contributed by atoms with Crippen LogP contribution in [0.3, 0.4) is 0 Å². The SMILES string of the molecule is CCN(C(=O)NCc1ccc(F)cc1)C1CCN(Cc2ccccc2)C1. The molecule has 138 valence electrons. The van der Waals surface area contributed by atoms with Gasteiger partial charge < -0.3 is 10.2 Å². The monoisotopic (exact) mass is 355 g/mol. The zero-order chi connectivity index (χ0) is 18.4. The Morgan fingerprint density at radius 1 is 1.15 bits per heavy atom. The summed E-state index contributed by atoms with van der Waals surface area (Å²) in [7, 11) is 0. The number of hydrogen-bond donors (Lipinski definition) is 1. The highest BCUT2D eigenvalue weighted by Gasteiger charge is 2.29. The van der Waals surface area contributed by atoms with E-state index in [1.807, 2.05) is 17.9 Å². The molecular weight excluding hydrogens is 329 g/mol. The highest BCUT2D eigenvalue weighted by Crippen LogP contribution is 2.18. The fourth-order valence-corrected chi connectivity index (χ4v) is 3.50. The van der Waals surface area contributed by atoms with E-state index in [2.05, 4.69) is 34.5 Å². The molecule has 5 heteroatoms. The molecule has 0 radical (unpaired) electrons. The number of carbonyl (C=O) groups excluding carboxylic acids is 1. The van der Waals surface area contributed by atoms with Crippen molar-refractivity contribution in [2.75, 3.05) is 19.6 Å². The molecule has 2 amide bonds. The van der Waals surface area contributed by atoms with E-state index in [4.69, 9.17) is 0 Å². The van der Waals surface area contributed by atoms with Gasteiger partial charge in [-0.1, -0.05) is 42.5 Å². The Morgan fingerprint density at radius 2 is 1.88 bits per heavy atom. The van der Waals surface area contributed by atoms with Gasteiger partial charge in [-0.15, -0.1) is 0 Å². The van der Waals surface area contributed by atoms with Crippen LogP contribution in [-0.2, 0) is 13.1 Å². The molecule has 0 aromatic heterocycles. The molecular formula is C21H26FN3O. The summed E-state index contributed by atoms with van der Waals surface area (Å²) in [5, 5.41) is 2.96. The van der Waals surface area contributed by atoms with Crippen LogP contribution in [0.4, 0.5) is 9.18 Å². The second-order valence-electron chi connectivity index (χ2n) is 6.73. The van der Waals surface area contributed by atoms with Crippen molar-refractivity contribution in [2.45, 2.75) is 32.5 Å². The van der Waals surface area contributed by atoms with Crippen molar-refractivity contribution in [2.24, 2.45) is 0 Å². The topological polar surface area (TPSA) is 35.6 Å². The minimum absolute atomic E-state index is 0.0524. The van der Waals surface area contributed by atoms with Crippen LogP contribution < -0.4 is 5.32 Å². The van der Waals surface area contributed by atoms with Gasteiger partial charge in [0.05, 0.1) is 0 Å². The number of hydrogen-bond acceptors (Lipinski definition) is 2.